The van der Waals surface area contributed by atoms with Crippen LogP contribution in [0.2, 0.25) is 0 Å². The molecule has 0 fully saturated rings. The minimum Gasteiger partial charge on any atom is -0.387 e. The maximum atomic E-state index is 8.91. The Bertz CT molecular complexity index is 129. The summed E-state index contributed by atoms with van der Waals surface area (Å²) in [4.78, 5) is 0. The lowest BCUT2D eigenvalue weighted by Crippen LogP contribution is -2.46. The fourth-order valence-corrected chi connectivity index (χ4v) is 0.859. The van der Waals surface area contributed by atoms with E-state index in [4.69, 9.17) is 20.4 Å². The number of aliphatic hydroxyl groups is 4. The zero-order valence-corrected chi connectivity index (χ0v) is 5.25. The van der Waals surface area contributed by atoms with Gasteiger partial charge in [-0.15, -0.1) is 0 Å². The highest BCUT2D eigenvalue weighted by Crippen LogP contribution is 2.12. The summed E-state index contributed by atoms with van der Waals surface area (Å²) in [5, 5.41) is 35.5. The van der Waals surface area contributed by atoms with Crippen LogP contribution in [0.4, 0.5) is 0 Å². The van der Waals surface area contributed by atoms with Gasteiger partial charge in [-0.3, -0.25) is 0 Å². The molecule has 0 spiro atoms. The van der Waals surface area contributed by atoms with E-state index < -0.39 is 24.4 Å². The van der Waals surface area contributed by atoms with E-state index in [1.54, 1.807) is 0 Å². The molecule has 0 bridgehead atoms. The molecule has 0 aromatic heterocycles. The molecule has 10 heavy (non-hydrogen) atoms. The van der Waals surface area contributed by atoms with Gasteiger partial charge in [0.05, 0.1) is 0 Å². The standard InChI is InChI=1S/C6H10O4/c7-3-1-2-4(8)6(10)5(3)9/h1-10H/t3-,4-,5+,6+/m1/s1. The zero-order chi connectivity index (χ0) is 7.72. The van der Waals surface area contributed by atoms with Gasteiger partial charge < -0.3 is 20.4 Å². The topological polar surface area (TPSA) is 80.9 Å². The van der Waals surface area contributed by atoms with Gasteiger partial charge in [-0.25, -0.2) is 0 Å². The van der Waals surface area contributed by atoms with Crippen molar-refractivity contribution in [1.29, 1.82) is 0 Å². The van der Waals surface area contributed by atoms with Gasteiger partial charge in [0.25, 0.3) is 0 Å². The van der Waals surface area contributed by atoms with Gasteiger partial charge in [-0.05, 0) is 0 Å². The smallest absolute Gasteiger partial charge is 0.112 e. The average Bonchev–Trinajstić information content (AvgIpc) is 1.93. The van der Waals surface area contributed by atoms with Crippen LogP contribution >= 0.6 is 0 Å². The van der Waals surface area contributed by atoms with E-state index >= 15 is 0 Å². The minimum atomic E-state index is -1.28. The molecule has 0 unspecified atom stereocenters. The molecule has 1 aliphatic rings. The van der Waals surface area contributed by atoms with Crippen LogP contribution in [0.3, 0.4) is 0 Å². The summed E-state index contributed by atoms with van der Waals surface area (Å²) in [6, 6.07) is 0. The van der Waals surface area contributed by atoms with Crippen LogP contribution in [0.1, 0.15) is 0 Å². The first kappa shape index (κ1) is 7.68. The molecule has 0 heterocycles. The molecule has 4 nitrogen and oxygen atoms in total. The van der Waals surface area contributed by atoms with Gasteiger partial charge in [-0.2, -0.15) is 0 Å². The van der Waals surface area contributed by atoms with E-state index in [0.29, 0.717) is 0 Å². The summed E-state index contributed by atoms with van der Waals surface area (Å²) >= 11 is 0. The van der Waals surface area contributed by atoms with Crippen LogP contribution in [0.5, 0.6) is 0 Å². The lowest BCUT2D eigenvalue weighted by Gasteiger charge is -2.27. The maximum Gasteiger partial charge on any atom is 0.112 e. The Morgan fingerprint density at radius 2 is 1.00 bits per heavy atom. The van der Waals surface area contributed by atoms with Gasteiger partial charge in [0.15, 0.2) is 0 Å². The van der Waals surface area contributed by atoms with E-state index in [1.165, 1.54) is 12.2 Å². The lowest BCUT2D eigenvalue weighted by atomic mass is 9.97. The molecular formula is C6H10O4. The van der Waals surface area contributed by atoms with Gasteiger partial charge >= 0.3 is 0 Å². The molecule has 0 aromatic carbocycles. The van der Waals surface area contributed by atoms with Crippen molar-refractivity contribution >= 4 is 0 Å². The van der Waals surface area contributed by atoms with Gasteiger partial charge in [-0.1, -0.05) is 12.2 Å². The number of aliphatic hydroxyl groups excluding tert-OH is 4. The van der Waals surface area contributed by atoms with E-state index in [9.17, 15) is 0 Å². The van der Waals surface area contributed by atoms with E-state index in [2.05, 4.69) is 0 Å². The minimum absolute atomic E-state index is 1.07. The van der Waals surface area contributed by atoms with Crippen LogP contribution in [-0.4, -0.2) is 44.8 Å². The highest BCUT2D eigenvalue weighted by Gasteiger charge is 2.31. The molecule has 0 aliphatic heterocycles. The molecule has 1 rings (SSSR count). The molecule has 4 N–H and O–H groups in total. The molecule has 58 valence electrons. The lowest BCUT2D eigenvalue weighted by molar-refractivity contribution is -0.0884. The quantitative estimate of drug-likeness (QED) is 0.298. The Morgan fingerprint density at radius 3 is 1.30 bits per heavy atom. The Hall–Kier alpha value is -0.420. The first-order valence-electron chi connectivity index (χ1n) is 3.03. The molecule has 4 atom stereocenters. The third kappa shape index (κ3) is 1.19. The highest BCUT2D eigenvalue weighted by atomic mass is 16.4. The van der Waals surface area contributed by atoms with Crippen molar-refractivity contribution in [3.8, 4) is 0 Å². The van der Waals surface area contributed by atoms with Gasteiger partial charge in [0.1, 0.15) is 24.4 Å². The summed E-state index contributed by atoms with van der Waals surface area (Å²) in [7, 11) is 0. The van der Waals surface area contributed by atoms with E-state index in [-0.39, 0.29) is 0 Å². The second-order valence-corrected chi connectivity index (χ2v) is 2.35. The molecule has 0 radical (unpaired) electrons. The predicted octanol–water partition coefficient (Wildman–Crippen LogP) is -2.00. The average molecular weight is 146 g/mol. The van der Waals surface area contributed by atoms with Crippen molar-refractivity contribution in [2.45, 2.75) is 24.4 Å². The summed E-state index contributed by atoms with van der Waals surface area (Å²) in [6.45, 7) is 0. The van der Waals surface area contributed by atoms with Crippen molar-refractivity contribution in [3.05, 3.63) is 12.2 Å². The predicted molar refractivity (Wildman–Crippen MR) is 33.2 cm³/mol. The number of hydrogen-bond donors (Lipinski definition) is 4. The third-order valence-corrected chi connectivity index (χ3v) is 1.56. The molecule has 0 amide bonds. The van der Waals surface area contributed by atoms with Gasteiger partial charge in [0, 0.05) is 0 Å². The van der Waals surface area contributed by atoms with E-state index in [0.717, 1.165) is 0 Å². The summed E-state index contributed by atoms with van der Waals surface area (Å²) < 4.78 is 0. The van der Waals surface area contributed by atoms with Crippen LogP contribution in [-0.2, 0) is 0 Å². The third-order valence-electron chi connectivity index (χ3n) is 1.56. The molecule has 0 saturated carbocycles. The normalized spacial score (nSPS) is 47.6. The Morgan fingerprint density at radius 1 is 0.700 bits per heavy atom. The largest absolute Gasteiger partial charge is 0.387 e. The van der Waals surface area contributed by atoms with Crippen molar-refractivity contribution < 1.29 is 20.4 Å². The van der Waals surface area contributed by atoms with Crippen LogP contribution in [0.15, 0.2) is 12.2 Å². The first-order chi connectivity index (χ1) is 4.63. The Balaban J connectivity index is 2.69. The van der Waals surface area contributed by atoms with Crippen LogP contribution in [0, 0.1) is 0 Å². The van der Waals surface area contributed by atoms with Crippen molar-refractivity contribution in [2.24, 2.45) is 0 Å². The SMILES string of the molecule is O[C@@H]1[C@@H](O)[C@H](O)C=C[C@H]1O. The van der Waals surface area contributed by atoms with E-state index in [1.807, 2.05) is 0 Å². The summed E-state index contributed by atoms with van der Waals surface area (Å²) in [5.41, 5.74) is 0. The number of hydrogen-bond acceptors (Lipinski definition) is 4. The molecular weight excluding hydrogens is 136 g/mol. The second-order valence-electron chi connectivity index (χ2n) is 2.35. The molecule has 1 aliphatic carbocycles. The molecule has 0 aromatic rings. The monoisotopic (exact) mass is 146 g/mol. The summed E-state index contributed by atoms with van der Waals surface area (Å²) in [5.74, 6) is 0. The van der Waals surface area contributed by atoms with Gasteiger partial charge in [0.2, 0.25) is 0 Å². The molecule has 4 heteroatoms. The molecule has 0 saturated heterocycles. The Kier molecular flexibility index (Phi) is 2.05. The number of rotatable bonds is 0. The summed E-state index contributed by atoms with van der Waals surface area (Å²) in [6.07, 6.45) is -2.19. The van der Waals surface area contributed by atoms with Crippen LogP contribution < -0.4 is 0 Å². The van der Waals surface area contributed by atoms with Crippen molar-refractivity contribution in [1.82, 2.24) is 0 Å². The van der Waals surface area contributed by atoms with Crippen molar-refractivity contribution in [3.63, 3.8) is 0 Å². The maximum absolute atomic E-state index is 8.91. The fraction of sp³-hybridized carbons (Fsp3) is 0.667. The van der Waals surface area contributed by atoms with Crippen LogP contribution in [0.25, 0.3) is 0 Å². The highest BCUT2D eigenvalue weighted by molar-refractivity contribution is 5.07. The zero-order valence-electron chi connectivity index (χ0n) is 5.25. The van der Waals surface area contributed by atoms with Crippen molar-refractivity contribution in [2.75, 3.05) is 0 Å². The first-order valence-corrected chi connectivity index (χ1v) is 3.03. The second kappa shape index (κ2) is 2.67. The Labute approximate surface area is 58.0 Å². The fourth-order valence-electron chi connectivity index (χ4n) is 0.859.